The lowest BCUT2D eigenvalue weighted by atomic mass is 10.2. The van der Waals surface area contributed by atoms with Crippen molar-refractivity contribution in [1.82, 2.24) is 24.8 Å². The van der Waals surface area contributed by atoms with Gasteiger partial charge < -0.3 is 5.11 Å². The van der Waals surface area contributed by atoms with Crippen molar-refractivity contribution in [1.29, 1.82) is 0 Å². The lowest BCUT2D eigenvalue weighted by Crippen LogP contribution is -2.18. The molecule has 0 aliphatic carbocycles. The molecule has 0 aliphatic rings. The Morgan fingerprint density at radius 3 is 2.71 bits per heavy atom. The predicted molar refractivity (Wildman–Crippen MR) is 61.2 cm³/mol. The third kappa shape index (κ3) is 3.56. The van der Waals surface area contributed by atoms with E-state index in [1.165, 1.54) is 17.1 Å². The van der Waals surface area contributed by atoms with Crippen molar-refractivity contribution in [3.63, 3.8) is 0 Å². The number of carbonyl (C=O) groups is 1. The summed E-state index contributed by atoms with van der Waals surface area (Å²) in [6, 6.07) is 0. The molecule has 0 spiro atoms. The summed E-state index contributed by atoms with van der Waals surface area (Å²) in [6.07, 6.45) is -1.89. The number of carboxylic acids is 1. The Bertz CT molecular complexity index is 649. The Balaban J connectivity index is 2.28. The van der Waals surface area contributed by atoms with Crippen LogP contribution < -0.4 is 0 Å². The van der Waals surface area contributed by atoms with Crippen molar-refractivity contribution in [2.75, 3.05) is 6.61 Å². The van der Waals surface area contributed by atoms with Gasteiger partial charge in [0.05, 0.1) is 19.3 Å². The van der Waals surface area contributed by atoms with Gasteiger partial charge in [-0.3, -0.25) is 9.42 Å². The molecule has 0 unspecified atom stereocenters. The summed E-state index contributed by atoms with van der Waals surface area (Å²) in [5.74, 6) is -1.34. The molecule has 11 heteroatoms. The van der Waals surface area contributed by atoms with Crippen molar-refractivity contribution in [2.45, 2.75) is 12.9 Å². The van der Waals surface area contributed by atoms with Gasteiger partial charge in [0, 0.05) is 18.8 Å². The Morgan fingerprint density at radius 2 is 2.19 bits per heavy atom. The van der Waals surface area contributed by atoms with Crippen molar-refractivity contribution in [3.8, 4) is 11.3 Å². The summed E-state index contributed by atoms with van der Waals surface area (Å²) in [7, 11) is 1.62. The van der Waals surface area contributed by atoms with Crippen molar-refractivity contribution in [3.05, 3.63) is 18.1 Å². The molecule has 0 atom stereocenters. The molecule has 2 rings (SSSR count). The smallest absolute Gasteiger partial charge is 0.476 e. The van der Waals surface area contributed by atoms with Crippen LogP contribution >= 0.6 is 0 Å². The quantitative estimate of drug-likeness (QED) is 0.882. The first-order valence-electron chi connectivity index (χ1n) is 5.64. The van der Waals surface area contributed by atoms with Crippen LogP contribution in [0.5, 0.6) is 0 Å². The van der Waals surface area contributed by atoms with Crippen LogP contribution in [0.25, 0.3) is 11.3 Å². The number of rotatable bonds is 5. The highest BCUT2D eigenvalue weighted by Gasteiger charge is 2.29. The van der Waals surface area contributed by atoms with Crippen LogP contribution in [0.1, 0.15) is 10.5 Å². The zero-order chi connectivity index (χ0) is 15.6. The van der Waals surface area contributed by atoms with Crippen LogP contribution in [0.15, 0.2) is 12.4 Å². The van der Waals surface area contributed by atoms with Crippen LogP contribution in [0.4, 0.5) is 13.2 Å². The molecule has 0 bridgehead atoms. The van der Waals surface area contributed by atoms with E-state index < -0.39 is 18.9 Å². The summed E-state index contributed by atoms with van der Waals surface area (Å²) in [5, 5.41) is 19.9. The molecule has 0 amide bonds. The maximum atomic E-state index is 11.9. The van der Waals surface area contributed by atoms with E-state index in [4.69, 9.17) is 5.11 Å². The second-order valence-electron chi connectivity index (χ2n) is 4.01. The fraction of sp³-hybridized carbons (Fsp3) is 0.400. The normalized spacial score (nSPS) is 11.8. The summed E-state index contributed by atoms with van der Waals surface area (Å²) < 4.78 is 41.9. The first kappa shape index (κ1) is 15.0. The van der Waals surface area contributed by atoms with Gasteiger partial charge in [-0.1, -0.05) is 5.21 Å². The SMILES string of the molecule is Cn1cc(-c2c(C(=O)O)nnn2CCOC(F)(F)F)cn1. The minimum absolute atomic E-state index is 0.0707. The third-order valence-electron chi connectivity index (χ3n) is 2.48. The Kier molecular flexibility index (Phi) is 3.93. The zero-order valence-corrected chi connectivity index (χ0v) is 10.7. The summed E-state index contributed by atoms with van der Waals surface area (Å²) in [6.45, 7) is -1.01. The monoisotopic (exact) mass is 305 g/mol. The number of alkyl halides is 3. The molecule has 0 fully saturated rings. The average molecular weight is 305 g/mol. The van der Waals surface area contributed by atoms with Gasteiger partial charge in [-0.05, 0) is 0 Å². The van der Waals surface area contributed by atoms with Gasteiger partial charge in [0.15, 0.2) is 5.69 Å². The number of aromatic nitrogens is 5. The molecule has 2 aromatic rings. The number of aromatic carboxylic acids is 1. The molecule has 1 N–H and O–H groups in total. The highest BCUT2D eigenvalue weighted by Crippen LogP contribution is 2.22. The molecule has 8 nitrogen and oxygen atoms in total. The number of halogens is 3. The minimum atomic E-state index is -4.76. The van der Waals surface area contributed by atoms with Gasteiger partial charge in [-0.15, -0.1) is 18.3 Å². The molecular formula is C10H10F3N5O3. The van der Waals surface area contributed by atoms with Gasteiger partial charge >= 0.3 is 12.3 Å². The van der Waals surface area contributed by atoms with Crippen molar-refractivity contribution < 1.29 is 27.8 Å². The molecule has 2 heterocycles. The molecular weight excluding hydrogens is 295 g/mol. The van der Waals surface area contributed by atoms with Gasteiger partial charge in [0.1, 0.15) is 5.69 Å². The number of carboxylic acid groups (broad SMARTS) is 1. The molecule has 0 saturated carbocycles. The Labute approximate surface area is 115 Å². The largest absolute Gasteiger partial charge is 0.522 e. The van der Waals surface area contributed by atoms with Crippen LogP contribution in [0.3, 0.4) is 0 Å². The number of ether oxygens (including phenoxy) is 1. The number of hydrogen-bond donors (Lipinski definition) is 1. The molecule has 0 aromatic carbocycles. The minimum Gasteiger partial charge on any atom is -0.476 e. The molecule has 21 heavy (non-hydrogen) atoms. The number of aryl methyl sites for hydroxylation is 1. The maximum Gasteiger partial charge on any atom is 0.522 e. The molecule has 0 saturated heterocycles. The fourth-order valence-electron chi connectivity index (χ4n) is 1.69. The highest BCUT2D eigenvalue weighted by molar-refractivity contribution is 5.92. The Morgan fingerprint density at radius 1 is 1.48 bits per heavy atom. The first-order chi connectivity index (χ1) is 9.78. The van der Waals surface area contributed by atoms with Crippen molar-refractivity contribution in [2.24, 2.45) is 7.05 Å². The molecule has 0 aliphatic heterocycles. The number of hydrogen-bond acceptors (Lipinski definition) is 5. The van der Waals surface area contributed by atoms with E-state index in [1.807, 2.05) is 0 Å². The van der Waals surface area contributed by atoms with E-state index in [9.17, 15) is 18.0 Å². The highest BCUT2D eigenvalue weighted by atomic mass is 19.4. The Hall–Kier alpha value is -2.43. The molecule has 2 aromatic heterocycles. The van der Waals surface area contributed by atoms with Crippen LogP contribution in [0.2, 0.25) is 0 Å². The van der Waals surface area contributed by atoms with E-state index in [0.29, 0.717) is 5.56 Å². The summed E-state index contributed by atoms with van der Waals surface area (Å²) in [4.78, 5) is 11.1. The van der Waals surface area contributed by atoms with Crippen LogP contribution in [-0.4, -0.2) is 48.8 Å². The van der Waals surface area contributed by atoms with E-state index in [-0.39, 0.29) is 17.9 Å². The lowest BCUT2D eigenvalue weighted by Gasteiger charge is -2.08. The van der Waals surface area contributed by atoms with Gasteiger partial charge in [0.2, 0.25) is 0 Å². The average Bonchev–Trinajstić information content (AvgIpc) is 2.93. The van der Waals surface area contributed by atoms with Crippen molar-refractivity contribution >= 4 is 5.97 Å². The second-order valence-corrected chi connectivity index (χ2v) is 4.01. The van der Waals surface area contributed by atoms with E-state index >= 15 is 0 Å². The zero-order valence-electron chi connectivity index (χ0n) is 10.7. The molecule has 0 radical (unpaired) electrons. The van der Waals surface area contributed by atoms with Gasteiger partial charge in [0.25, 0.3) is 0 Å². The van der Waals surface area contributed by atoms with Crippen LogP contribution in [-0.2, 0) is 18.3 Å². The fourth-order valence-corrected chi connectivity index (χ4v) is 1.69. The molecule has 114 valence electrons. The summed E-state index contributed by atoms with van der Waals surface area (Å²) in [5.41, 5.74) is 0.0864. The van der Waals surface area contributed by atoms with Gasteiger partial charge in [-0.25, -0.2) is 9.48 Å². The van der Waals surface area contributed by atoms with E-state index in [1.54, 1.807) is 7.05 Å². The lowest BCUT2D eigenvalue weighted by molar-refractivity contribution is -0.325. The van der Waals surface area contributed by atoms with E-state index in [2.05, 4.69) is 20.1 Å². The maximum absolute atomic E-state index is 11.9. The number of nitrogens with zero attached hydrogens (tertiary/aromatic N) is 5. The van der Waals surface area contributed by atoms with Crippen LogP contribution in [0, 0.1) is 0 Å². The second kappa shape index (κ2) is 5.52. The predicted octanol–water partition coefficient (Wildman–Crippen LogP) is 0.913. The first-order valence-corrected chi connectivity index (χ1v) is 5.64. The summed E-state index contributed by atoms with van der Waals surface area (Å²) >= 11 is 0. The van der Waals surface area contributed by atoms with Gasteiger partial charge in [-0.2, -0.15) is 5.10 Å². The third-order valence-corrected chi connectivity index (χ3v) is 2.48. The standard InChI is InChI=1S/C10H10F3N5O3/c1-17-5-6(4-14-17)8-7(9(19)20)15-16-18(8)2-3-21-10(11,12)13/h4-5H,2-3H2,1H3,(H,19,20). The topological polar surface area (TPSA) is 95.1 Å². The van der Waals surface area contributed by atoms with E-state index in [0.717, 1.165) is 4.68 Å².